The molecule has 0 aromatic rings. The molecule has 0 aromatic carbocycles. The average Bonchev–Trinajstić information content (AvgIpc) is 1.61. The Bertz CT molecular complexity index is 37.1. The Balaban J connectivity index is 2.68. The number of rotatable bonds is 3. The minimum atomic E-state index is 1.12. The summed E-state index contributed by atoms with van der Waals surface area (Å²) in [6, 6.07) is 0. The van der Waals surface area contributed by atoms with Crippen LogP contribution in [-0.4, -0.2) is 30.9 Å². The van der Waals surface area contributed by atoms with E-state index in [4.69, 9.17) is 0 Å². The molecule has 0 aliphatic rings. The van der Waals surface area contributed by atoms with Gasteiger partial charge in [0, 0.05) is 5.33 Å². The van der Waals surface area contributed by atoms with Crippen molar-refractivity contribution >= 4 is 15.9 Å². The Morgan fingerprint density at radius 3 is 2.14 bits per heavy atom. The lowest BCUT2D eigenvalue weighted by molar-refractivity contribution is 0.410. The summed E-state index contributed by atoms with van der Waals surface area (Å²) in [5.74, 6) is 0. The topological polar surface area (TPSA) is 3.24 Å². The Morgan fingerprint density at radius 1 is 1.43 bits per heavy atom. The van der Waals surface area contributed by atoms with Crippen LogP contribution in [0.25, 0.3) is 0 Å². The van der Waals surface area contributed by atoms with E-state index in [1.165, 1.54) is 13.0 Å². The number of nitrogens with zero attached hydrogens (tertiary/aromatic N) is 1. The van der Waals surface area contributed by atoms with E-state index in [0.717, 1.165) is 5.33 Å². The van der Waals surface area contributed by atoms with Gasteiger partial charge in [-0.05, 0) is 27.1 Å². The highest BCUT2D eigenvalue weighted by Crippen LogP contribution is 1.87. The molecule has 0 heterocycles. The van der Waals surface area contributed by atoms with Gasteiger partial charge in [-0.25, -0.2) is 0 Å². The zero-order valence-electron chi connectivity index (χ0n) is 4.95. The molecule has 0 N–H and O–H groups in total. The summed E-state index contributed by atoms with van der Waals surface area (Å²) in [4.78, 5) is 2.18. The Morgan fingerprint density at radius 2 is 2.00 bits per heavy atom. The van der Waals surface area contributed by atoms with Gasteiger partial charge in [0.2, 0.25) is 0 Å². The van der Waals surface area contributed by atoms with Crippen molar-refractivity contribution in [2.45, 2.75) is 6.42 Å². The van der Waals surface area contributed by atoms with Crippen molar-refractivity contribution in [1.82, 2.24) is 4.90 Å². The second-order valence-electron chi connectivity index (χ2n) is 1.85. The Hall–Kier alpha value is 0.440. The normalized spacial score (nSPS) is 10.3. The fraction of sp³-hybridized carbons (Fsp3) is 1.00. The molecule has 0 fully saturated rings. The monoisotopic (exact) mass is 165 g/mol. The van der Waals surface area contributed by atoms with Crippen LogP contribution in [0, 0.1) is 0 Å². The summed E-state index contributed by atoms with van der Waals surface area (Å²) < 4.78 is 0. The molecule has 0 aliphatic carbocycles. The SMILES string of the molecule is CN(C)CCCBr. The van der Waals surface area contributed by atoms with E-state index in [1.54, 1.807) is 0 Å². The quantitative estimate of drug-likeness (QED) is 0.571. The maximum Gasteiger partial charge on any atom is 0.00434 e. The van der Waals surface area contributed by atoms with E-state index < -0.39 is 0 Å². The molecule has 0 unspecified atom stereocenters. The summed E-state index contributed by atoms with van der Waals surface area (Å²) in [5, 5.41) is 1.12. The molecule has 0 atom stereocenters. The highest BCUT2D eigenvalue weighted by atomic mass is 79.9. The summed E-state index contributed by atoms with van der Waals surface area (Å²) in [6.07, 6.45) is 1.24. The van der Waals surface area contributed by atoms with Crippen LogP contribution in [0.1, 0.15) is 6.42 Å². The van der Waals surface area contributed by atoms with Gasteiger partial charge in [0.25, 0.3) is 0 Å². The van der Waals surface area contributed by atoms with Crippen molar-refractivity contribution in [2.24, 2.45) is 0 Å². The minimum absolute atomic E-state index is 1.12. The summed E-state index contributed by atoms with van der Waals surface area (Å²) in [7, 11) is 4.17. The van der Waals surface area contributed by atoms with Gasteiger partial charge in [0.1, 0.15) is 0 Å². The summed E-state index contributed by atoms with van der Waals surface area (Å²) in [5.41, 5.74) is 0. The van der Waals surface area contributed by atoms with Crippen LogP contribution in [0.4, 0.5) is 0 Å². The number of alkyl halides is 1. The molecule has 0 radical (unpaired) electrons. The second kappa shape index (κ2) is 4.60. The zero-order valence-corrected chi connectivity index (χ0v) is 6.53. The van der Waals surface area contributed by atoms with Crippen LogP contribution in [0.15, 0.2) is 0 Å². The molecular weight excluding hydrogens is 154 g/mol. The van der Waals surface area contributed by atoms with Crippen LogP contribution in [0.3, 0.4) is 0 Å². The van der Waals surface area contributed by atoms with Gasteiger partial charge in [0.05, 0.1) is 0 Å². The molecule has 0 saturated heterocycles. The average molecular weight is 166 g/mol. The largest absolute Gasteiger partial charge is 0.309 e. The van der Waals surface area contributed by atoms with Gasteiger partial charge in [-0.1, -0.05) is 15.9 Å². The van der Waals surface area contributed by atoms with E-state index in [9.17, 15) is 0 Å². The number of hydrogen-bond acceptors (Lipinski definition) is 1. The maximum atomic E-state index is 3.35. The van der Waals surface area contributed by atoms with Crippen molar-refractivity contribution < 1.29 is 0 Å². The third-order valence-corrected chi connectivity index (χ3v) is 1.30. The van der Waals surface area contributed by atoms with Gasteiger partial charge < -0.3 is 4.90 Å². The van der Waals surface area contributed by atoms with Crippen molar-refractivity contribution in [1.29, 1.82) is 0 Å². The van der Waals surface area contributed by atoms with Gasteiger partial charge in [-0.2, -0.15) is 0 Å². The van der Waals surface area contributed by atoms with E-state index in [2.05, 4.69) is 34.9 Å². The van der Waals surface area contributed by atoms with Crippen molar-refractivity contribution in [3.05, 3.63) is 0 Å². The van der Waals surface area contributed by atoms with E-state index in [1.807, 2.05) is 0 Å². The smallest absolute Gasteiger partial charge is 0.00434 e. The van der Waals surface area contributed by atoms with Crippen molar-refractivity contribution in [3.63, 3.8) is 0 Å². The van der Waals surface area contributed by atoms with Crippen molar-refractivity contribution in [2.75, 3.05) is 26.0 Å². The van der Waals surface area contributed by atoms with Gasteiger partial charge in [-0.3, -0.25) is 0 Å². The second-order valence-corrected chi connectivity index (χ2v) is 2.64. The molecule has 0 rings (SSSR count). The molecule has 7 heavy (non-hydrogen) atoms. The van der Waals surface area contributed by atoms with Crippen LogP contribution in [0.5, 0.6) is 0 Å². The predicted octanol–water partition coefficient (Wildman–Crippen LogP) is 1.33. The fourth-order valence-electron chi connectivity index (χ4n) is 0.376. The number of hydrogen-bond donors (Lipinski definition) is 0. The van der Waals surface area contributed by atoms with Gasteiger partial charge in [0.15, 0.2) is 0 Å². The molecule has 0 aromatic heterocycles. The zero-order chi connectivity index (χ0) is 5.70. The first-order valence-electron chi connectivity index (χ1n) is 2.48. The van der Waals surface area contributed by atoms with Crippen LogP contribution < -0.4 is 0 Å². The standard InChI is InChI=1S/C5H12BrN/c1-7(2)5-3-4-6/h3-5H2,1-2H3. The number of halogens is 1. The van der Waals surface area contributed by atoms with Gasteiger partial charge in [-0.15, -0.1) is 0 Å². The maximum absolute atomic E-state index is 3.35. The highest BCUT2D eigenvalue weighted by Gasteiger charge is 1.84. The first-order valence-corrected chi connectivity index (χ1v) is 3.60. The van der Waals surface area contributed by atoms with E-state index in [0.29, 0.717) is 0 Å². The lowest BCUT2D eigenvalue weighted by atomic mass is 10.5. The third-order valence-electron chi connectivity index (χ3n) is 0.739. The van der Waals surface area contributed by atoms with E-state index >= 15 is 0 Å². The molecule has 0 amide bonds. The molecule has 44 valence electrons. The van der Waals surface area contributed by atoms with Gasteiger partial charge >= 0.3 is 0 Å². The minimum Gasteiger partial charge on any atom is -0.309 e. The third kappa shape index (κ3) is 6.44. The molecule has 2 heteroatoms. The first kappa shape index (κ1) is 7.44. The molecule has 0 saturated carbocycles. The van der Waals surface area contributed by atoms with Crippen LogP contribution in [-0.2, 0) is 0 Å². The lowest BCUT2D eigenvalue weighted by Gasteiger charge is -2.05. The van der Waals surface area contributed by atoms with Crippen molar-refractivity contribution in [3.8, 4) is 0 Å². The predicted molar refractivity (Wildman–Crippen MR) is 37.0 cm³/mol. The lowest BCUT2D eigenvalue weighted by Crippen LogP contribution is -2.12. The fourth-order valence-corrected chi connectivity index (χ4v) is 0.627. The van der Waals surface area contributed by atoms with Crippen LogP contribution in [0.2, 0.25) is 0 Å². The molecule has 0 bridgehead atoms. The summed E-state index contributed by atoms with van der Waals surface area (Å²) in [6.45, 7) is 1.19. The highest BCUT2D eigenvalue weighted by molar-refractivity contribution is 9.09. The molecular formula is C5H12BrN. The van der Waals surface area contributed by atoms with E-state index in [-0.39, 0.29) is 0 Å². The Kier molecular flexibility index (Phi) is 4.88. The molecule has 0 spiro atoms. The summed E-state index contributed by atoms with van der Waals surface area (Å²) >= 11 is 3.35. The first-order chi connectivity index (χ1) is 3.27. The molecule has 0 aliphatic heterocycles. The molecule has 1 nitrogen and oxygen atoms in total. The van der Waals surface area contributed by atoms with Crippen LogP contribution >= 0.6 is 15.9 Å². The Labute approximate surface area is 53.8 Å².